The lowest BCUT2D eigenvalue weighted by atomic mass is 10.1. The molecule has 0 saturated carbocycles. The molecule has 0 aliphatic carbocycles. The van der Waals surface area contributed by atoms with Gasteiger partial charge in [-0.05, 0) is 41.6 Å². The van der Waals surface area contributed by atoms with E-state index >= 15 is 0 Å². The fourth-order valence-electron chi connectivity index (χ4n) is 3.93. The van der Waals surface area contributed by atoms with Gasteiger partial charge in [0.25, 0.3) is 11.6 Å². The molecule has 0 radical (unpaired) electrons. The molecule has 9 heteroatoms. The third-order valence-corrected chi connectivity index (χ3v) is 6.81. The molecule has 2 aromatic carbocycles. The van der Waals surface area contributed by atoms with Crippen molar-refractivity contribution in [3.8, 4) is 11.3 Å². The zero-order chi connectivity index (χ0) is 23.5. The quantitative estimate of drug-likeness (QED) is 0.302. The molecule has 2 aliphatic heterocycles. The number of carbonyl (C=O) groups excluding carboxylic acids is 1. The van der Waals surface area contributed by atoms with Crippen LogP contribution in [-0.4, -0.2) is 52.0 Å². The van der Waals surface area contributed by atoms with Crippen LogP contribution in [0.3, 0.4) is 0 Å². The zero-order valence-electron chi connectivity index (χ0n) is 18.3. The van der Waals surface area contributed by atoms with Crippen LogP contribution in [0.1, 0.15) is 11.3 Å². The number of hydrogen-bond donors (Lipinski definition) is 0. The highest BCUT2D eigenvalue weighted by atomic mass is 32.2. The first-order valence-electron chi connectivity index (χ1n) is 10.9. The molecule has 0 spiro atoms. The van der Waals surface area contributed by atoms with Crippen molar-refractivity contribution in [2.24, 2.45) is 4.99 Å². The number of nitro benzene ring substituents is 1. The van der Waals surface area contributed by atoms with Crippen LogP contribution in [0, 0.1) is 10.1 Å². The van der Waals surface area contributed by atoms with Crippen LogP contribution in [-0.2, 0) is 11.3 Å². The maximum atomic E-state index is 12.5. The van der Waals surface area contributed by atoms with Gasteiger partial charge in [-0.3, -0.25) is 19.8 Å². The van der Waals surface area contributed by atoms with Crippen molar-refractivity contribution < 1.29 is 14.1 Å². The highest BCUT2D eigenvalue weighted by Gasteiger charge is 2.28. The molecule has 1 amide bonds. The number of furan rings is 1. The van der Waals surface area contributed by atoms with E-state index in [0.717, 1.165) is 43.5 Å². The molecule has 0 unspecified atom stereocenters. The van der Waals surface area contributed by atoms with Gasteiger partial charge < -0.3 is 9.32 Å². The molecule has 2 aliphatic rings. The molecule has 1 aromatic heterocycles. The Labute approximate surface area is 200 Å². The summed E-state index contributed by atoms with van der Waals surface area (Å²) in [5, 5.41) is 11.6. The van der Waals surface area contributed by atoms with Crippen molar-refractivity contribution in [3.05, 3.63) is 93.1 Å². The van der Waals surface area contributed by atoms with Crippen LogP contribution in [0.5, 0.6) is 0 Å². The lowest BCUT2D eigenvalue weighted by molar-refractivity contribution is -0.384. The topological polar surface area (TPSA) is 92.2 Å². The Morgan fingerprint density at radius 2 is 1.74 bits per heavy atom. The Kier molecular flexibility index (Phi) is 6.29. The molecule has 0 N–H and O–H groups in total. The Bertz CT molecular complexity index is 1260. The molecular weight excluding hydrogens is 452 g/mol. The Balaban J connectivity index is 1.19. The molecule has 1 fully saturated rings. The summed E-state index contributed by atoms with van der Waals surface area (Å²) < 4.78 is 5.85. The first kappa shape index (κ1) is 22.1. The van der Waals surface area contributed by atoms with Crippen LogP contribution >= 0.6 is 11.8 Å². The number of nitrogens with zero attached hydrogens (tertiary/aromatic N) is 4. The minimum Gasteiger partial charge on any atom is -0.457 e. The zero-order valence-corrected chi connectivity index (χ0v) is 19.1. The van der Waals surface area contributed by atoms with Gasteiger partial charge in [-0.15, -0.1) is 0 Å². The van der Waals surface area contributed by atoms with E-state index in [1.54, 1.807) is 30.3 Å². The summed E-state index contributed by atoms with van der Waals surface area (Å²) in [5.74, 6) is 0.848. The number of non-ortho nitro benzene ring substituents is 1. The Hall–Kier alpha value is -3.69. The summed E-state index contributed by atoms with van der Waals surface area (Å²) in [6.45, 7) is 4.40. The van der Waals surface area contributed by atoms with Crippen molar-refractivity contribution >= 4 is 34.6 Å². The van der Waals surface area contributed by atoms with Gasteiger partial charge in [0.2, 0.25) is 0 Å². The Morgan fingerprint density at radius 3 is 2.44 bits per heavy atom. The van der Waals surface area contributed by atoms with Crippen molar-refractivity contribution in [1.82, 2.24) is 9.80 Å². The van der Waals surface area contributed by atoms with Crippen LogP contribution < -0.4 is 0 Å². The first-order chi connectivity index (χ1) is 16.5. The molecule has 5 rings (SSSR count). The van der Waals surface area contributed by atoms with E-state index < -0.39 is 4.92 Å². The van der Waals surface area contributed by atoms with E-state index in [0.29, 0.717) is 16.4 Å². The predicted molar refractivity (Wildman–Crippen MR) is 132 cm³/mol. The molecule has 3 heterocycles. The summed E-state index contributed by atoms with van der Waals surface area (Å²) in [5.41, 5.74) is 2.05. The van der Waals surface area contributed by atoms with Crippen LogP contribution in [0.2, 0.25) is 0 Å². The minimum absolute atomic E-state index is 0.0242. The molecule has 8 nitrogen and oxygen atoms in total. The van der Waals surface area contributed by atoms with E-state index in [-0.39, 0.29) is 11.6 Å². The lowest BCUT2D eigenvalue weighted by Crippen LogP contribution is -2.47. The molecule has 0 bridgehead atoms. The molecular formula is C25H22N4O4S. The summed E-state index contributed by atoms with van der Waals surface area (Å²) in [7, 11) is 0. The number of rotatable bonds is 5. The van der Waals surface area contributed by atoms with Gasteiger partial charge in [0, 0.05) is 56.5 Å². The number of hydrogen-bond acceptors (Lipinski definition) is 7. The number of aliphatic imine (C=N–C) groups is 1. The average molecular weight is 475 g/mol. The van der Waals surface area contributed by atoms with Gasteiger partial charge in [-0.1, -0.05) is 30.3 Å². The number of nitro groups is 1. The van der Waals surface area contributed by atoms with Crippen molar-refractivity contribution in [2.45, 2.75) is 6.54 Å². The third kappa shape index (κ3) is 4.95. The van der Waals surface area contributed by atoms with E-state index in [9.17, 15) is 14.9 Å². The lowest BCUT2D eigenvalue weighted by Gasteiger charge is -2.35. The SMILES string of the molecule is O=C1N=C(N2CCN(Cc3ccccc3)CC2)S/C1=C\c1ccc(-c2ccc([N+](=O)[O-])cc2)o1. The van der Waals surface area contributed by atoms with Crippen LogP contribution in [0.25, 0.3) is 17.4 Å². The van der Waals surface area contributed by atoms with Gasteiger partial charge in [0.1, 0.15) is 11.5 Å². The number of amidine groups is 1. The van der Waals surface area contributed by atoms with E-state index in [1.165, 1.54) is 29.5 Å². The predicted octanol–water partition coefficient (Wildman–Crippen LogP) is 4.64. The fourth-order valence-corrected chi connectivity index (χ4v) is 4.88. The van der Waals surface area contributed by atoms with E-state index in [2.05, 4.69) is 39.1 Å². The van der Waals surface area contributed by atoms with E-state index in [4.69, 9.17) is 4.42 Å². The number of carbonyl (C=O) groups is 1. The average Bonchev–Trinajstić information content (AvgIpc) is 3.47. The van der Waals surface area contributed by atoms with E-state index in [1.807, 2.05) is 6.07 Å². The van der Waals surface area contributed by atoms with Crippen molar-refractivity contribution in [2.75, 3.05) is 26.2 Å². The summed E-state index contributed by atoms with van der Waals surface area (Å²) in [4.78, 5) is 32.2. The smallest absolute Gasteiger partial charge is 0.286 e. The molecule has 0 atom stereocenters. The first-order valence-corrected chi connectivity index (χ1v) is 11.8. The second-order valence-corrected chi connectivity index (χ2v) is 9.07. The van der Waals surface area contributed by atoms with Crippen molar-refractivity contribution in [3.63, 3.8) is 0 Å². The highest BCUT2D eigenvalue weighted by Crippen LogP contribution is 2.32. The molecule has 172 valence electrons. The van der Waals surface area contributed by atoms with Crippen LogP contribution in [0.4, 0.5) is 5.69 Å². The van der Waals surface area contributed by atoms with Gasteiger partial charge in [-0.2, -0.15) is 4.99 Å². The summed E-state index contributed by atoms with van der Waals surface area (Å²) in [6, 6.07) is 20.1. The molecule has 1 saturated heterocycles. The van der Waals surface area contributed by atoms with Crippen LogP contribution in [0.15, 0.2) is 81.0 Å². The summed E-state index contributed by atoms with van der Waals surface area (Å²) >= 11 is 1.37. The largest absolute Gasteiger partial charge is 0.457 e. The number of thioether (sulfide) groups is 1. The number of benzene rings is 2. The fraction of sp³-hybridized carbons (Fsp3) is 0.200. The standard InChI is InChI=1S/C25H22N4O4S/c30-24-23(16-21-10-11-22(33-21)19-6-8-20(9-7-19)29(31)32)34-25(26-24)28-14-12-27(13-15-28)17-18-4-2-1-3-5-18/h1-11,16H,12-15,17H2/b23-16-. The van der Waals surface area contributed by atoms with Gasteiger partial charge in [0.15, 0.2) is 5.17 Å². The Morgan fingerprint density at radius 1 is 1.00 bits per heavy atom. The van der Waals surface area contributed by atoms with Gasteiger partial charge in [0.05, 0.1) is 9.83 Å². The highest BCUT2D eigenvalue weighted by molar-refractivity contribution is 8.18. The maximum Gasteiger partial charge on any atom is 0.286 e. The third-order valence-electron chi connectivity index (χ3n) is 5.76. The maximum absolute atomic E-state index is 12.5. The van der Waals surface area contributed by atoms with Gasteiger partial charge in [-0.25, -0.2) is 0 Å². The molecule has 34 heavy (non-hydrogen) atoms. The summed E-state index contributed by atoms with van der Waals surface area (Å²) in [6.07, 6.45) is 1.70. The second kappa shape index (κ2) is 9.66. The monoisotopic (exact) mass is 474 g/mol. The second-order valence-electron chi connectivity index (χ2n) is 8.06. The number of piperazine rings is 1. The minimum atomic E-state index is -0.439. The normalized spacial score (nSPS) is 17.9. The van der Waals surface area contributed by atoms with Crippen molar-refractivity contribution in [1.29, 1.82) is 0 Å². The molecule has 3 aromatic rings. The van der Waals surface area contributed by atoms with Gasteiger partial charge >= 0.3 is 0 Å². The number of amides is 1.